The Hall–Kier alpha value is -1.76. The van der Waals surface area contributed by atoms with Gasteiger partial charge in [-0.3, -0.25) is 0 Å². The van der Waals surface area contributed by atoms with Crippen LogP contribution in [0.4, 0.5) is 13.2 Å². The lowest BCUT2D eigenvalue weighted by Crippen LogP contribution is -2.34. The molecule has 7 heteroatoms. The lowest BCUT2D eigenvalue weighted by atomic mass is 10.2. The first-order chi connectivity index (χ1) is 9.29. The molecule has 1 atom stereocenters. The normalized spacial score (nSPS) is 13.0. The first kappa shape index (κ1) is 16.3. The van der Waals surface area contributed by atoms with Gasteiger partial charge in [0, 0.05) is 12.6 Å². The molecule has 0 spiro atoms. The number of benzene rings is 1. The van der Waals surface area contributed by atoms with Crippen molar-refractivity contribution < 1.29 is 27.8 Å². The Bertz CT molecular complexity index is 449. The van der Waals surface area contributed by atoms with Crippen molar-refractivity contribution in [1.29, 1.82) is 0 Å². The lowest BCUT2D eigenvalue weighted by molar-refractivity contribution is -0.139. The number of halogens is 3. The van der Waals surface area contributed by atoms with Gasteiger partial charge in [0.2, 0.25) is 0 Å². The van der Waals surface area contributed by atoms with E-state index in [4.69, 9.17) is 9.84 Å². The van der Waals surface area contributed by atoms with Crippen LogP contribution in [0.2, 0.25) is 0 Å². The summed E-state index contributed by atoms with van der Waals surface area (Å²) in [6, 6.07) is 5.38. The van der Waals surface area contributed by atoms with Crippen LogP contribution in [-0.4, -0.2) is 36.4 Å². The topological polar surface area (TPSA) is 58.6 Å². The molecule has 1 aromatic rings. The van der Waals surface area contributed by atoms with Crippen molar-refractivity contribution in [3.05, 3.63) is 29.8 Å². The van der Waals surface area contributed by atoms with Gasteiger partial charge in [0.05, 0.1) is 6.42 Å². The van der Waals surface area contributed by atoms with Crippen molar-refractivity contribution in [3.8, 4) is 5.75 Å². The average Bonchev–Trinajstić information content (AvgIpc) is 2.33. The van der Waals surface area contributed by atoms with Crippen molar-refractivity contribution in [2.45, 2.75) is 25.6 Å². The third-order valence-corrected chi connectivity index (χ3v) is 2.51. The smallest absolute Gasteiger partial charge is 0.390 e. The molecule has 1 rings (SSSR count). The summed E-state index contributed by atoms with van der Waals surface area (Å²) in [4.78, 5) is 10.9. The predicted octanol–water partition coefficient (Wildman–Crippen LogP) is 2.69. The fourth-order valence-corrected chi connectivity index (χ4v) is 1.65. The molecule has 0 bridgehead atoms. The Morgan fingerprint density at radius 1 is 1.40 bits per heavy atom. The molecule has 0 saturated heterocycles. The van der Waals surface area contributed by atoms with Crippen LogP contribution < -0.4 is 10.1 Å². The highest BCUT2D eigenvalue weighted by Gasteiger charge is 2.29. The van der Waals surface area contributed by atoms with Crippen LogP contribution in [0.25, 0.3) is 0 Å². The van der Waals surface area contributed by atoms with Crippen molar-refractivity contribution in [3.63, 3.8) is 0 Å². The van der Waals surface area contributed by atoms with Crippen LogP contribution in [0.1, 0.15) is 23.7 Å². The summed E-state index contributed by atoms with van der Waals surface area (Å²) in [6.07, 6.45) is -5.12. The molecule has 0 aliphatic heterocycles. The highest BCUT2D eigenvalue weighted by Crippen LogP contribution is 2.21. The van der Waals surface area contributed by atoms with Crippen LogP contribution in [0.3, 0.4) is 0 Å². The molecule has 4 nitrogen and oxygen atoms in total. The zero-order valence-electron chi connectivity index (χ0n) is 10.9. The van der Waals surface area contributed by atoms with Gasteiger partial charge in [-0.25, -0.2) is 4.79 Å². The zero-order chi connectivity index (χ0) is 15.2. The van der Waals surface area contributed by atoms with Crippen molar-refractivity contribution in [1.82, 2.24) is 5.32 Å². The van der Waals surface area contributed by atoms with Crippen LogP contribution >= 0.6 is 0 Å². The Morgan fingerprint density at radius 2 is 2.05 bits per heavy atom. The summed E-state index contributed by atoms with van der Waals surface area (Å²) in [7, 11) is 0. The van der Waals surface area contributed by atoms with Gasteiger partial charge < -0.3 is 15.2 Å². The van der Waals surface area contributed by atoms with Crippen molar-refractivity contribution in [2.75, 3.05) is 13.2 Å². The number of ether oxygens (including phenoxy) is 1. The van der Waals surface area contributed by atoms with Gasteiger partial charge in [0.15, 0.2) is 0 Å². The molecule has 0 aromatic heterocycles. The Kier molecular flexibility index (Phi) is 5.82. The number of hydrogen-bond donors (Lipinski definition) is 2. The summed E-state index contributed by atoms with van der Waals surface area (Å²) < 4.78 is 41.5. The maximum Gasteiger partial charge on any atom is 0.390 e. The van der Waals surface area contributed by atoms with Gasteiger partial charge in [-0.2, -0.15) is 13.2 Å². The maximum atomic E-state index is 12.1. The second-order valence-electron chi connectivity index (χ2n) is 4.32. The van der Waals surface area contributed by atoms with E-state index in [0.717, 1.165) is 0 Å². The standard InChI is InChI=1S/C13H16F3NO3/c1-9(8-13(14,15)16)17-6-7-20-11-5-3-2-4-10(11)12(18)19/h2-5,9,17H,6-8H2,1H3,(H,18,19). The molecule has 0 saturated carbocycles. The fourth-order valence-electron chi connectivity index (χ4n) is 1.65. The average molecular weight is 291 g/mol. The van der Waals surface area contributed by atoms with Gasteiger partial charge in [-0.15, -0.1) is 0 Å². The van der Waals surface area contributed by atoms with E-state index < -0.39 is 24.6 Å². The molecule has 1 aromatic carbocycles. The number of aromatic carboxylic acids is 1. The monoisotopic (exact) mass is 291 g/mol. The molecule has 2 N–H and O–H groups in total. The predicted molar refractivity (Wildman–Crippen MR) is 67.0 cm³/mol. The van der Waals surface area contributed by atoms with E-state index in [-0.39, 0.29) is 24.5 Å². The second-order valence-corrected chi connectivity index (χ2v) is 4.32. The van der Waals surface area contributed by atoms with E-state index >= 15 is 0 Å². The Labute approximate surface area is 114 Å². The second kappa shape index (κ2) is 7.14. The van der Waals surface area contributed by atoms with E-state index in [1.165, 1.54) is 19.1 Å². The van der Waals surface area contributed by atoms with Crippen LogP contribution in [-0.2, 0) is 0 Å². The third kappa shape index (κ3) is 5.92. The molecule has 0 amide bonds. The van der Waals surface area contributed by atoms with E-state index in [9.17, 15) is 18.0 Å². The van der Waals surface area contributed by atoms with Gasteiger partial charge >= 0.3 is 12.1 Å². The number of carboxylic acid groups (broad SMARTS) is 1. The van der Waals surface area contributed by atoms with Gasteiger partial charge in [-0.05, 0) is 19.1 Å². The molecule has 0 radical (unpaired) electrons. The van der Waals surface area contributed by atoms with E-state index in [0.29, 0.717) is 0 Å². The number of alkyl halides is 3. The third-order valence-electron chi connectivity index (χ3n) is 2.51. The molecule has 0 heterocycles. The molecule has 1 unspecified atom stereocenters. The molecular weight excluding hydrogens is 275 g/mol. The summed E-state index contributed by atoms with van der Waals surface area (Å²) in [5.74, 6) is -0.913. The quantitative estimate of drug-likeness (QED) is 0.758. The summed E-state index contributed by atoms with van der Waals surface area (Å²) in [5, 5.41) is 11.6. The minimum Gasteiger partial charge on any atom is -0.491 e. The fraction of sp³-hybridized carbons (Fsp3) is 0.462. The molecular formula is C13H16F3NO3. The van der Waals surface area contributed by atoms with Gasteiger partial charge in [-0.1, -0.05) is 12.1 Å². The molecule has 0 aliphatic rings. The van der Waals surface area contributed by atoms with Crippen molar-refractivity contribution in [2.24, 2.45) is 0 Å². The lowest BCUT2D eigenvalue weighted by Gasteiger charge is -2.16. The van der Waals surface area contributed by atoms with E-state index in [1.54, 1.807) is 12.1 Å². The Balaban J connectivity index is 2.37. The minimum atomic E-state index is -4.21. The van der Waals surface area contributed by atoms with E-state index in [1.807, 2.05) is 0 Å². The molecule has 0 aliphatic carbocycles. The van der Waals surface area contributed by atoms with Crippen LogP contribution in [0.5, 0.6) is 5.75 Å². The molecule has 20 heavy (non-hydrogen) atoms. The number of nitrogens with one attached hydrogen (secondary N) is 1. The SMILES string of the molecule is CC(CC(F)(F)F)NCCOc1ccccc1C(=O)O. The summed E-state index contributed by atoms with van der Waals surface area (Å²) in [6.45, 7) is 1.72. The molecule has 112 valence electrons. The van der Waals surface area contributed by atoms with E-state index in [2.05, 4.69) is 5.32 Å². The van der Waals surface area contributed by atoms with Gasteiger partial charge in [0.1, 0.15) is 17.9 Å². The Morgan fingerprint density at radius 3 is 2.65 bits per heavy atom. The number of carboxylic acids is 1. The number of para-hydroxylation sites is 1. The van der Waals surface area contributed by atoms with Crippen molar-refractivity contribution >= 4 is 5.97 Å². The minimum absolute atomic E-state index is 0.0239. The highest BCUT2D eigenvalue weighted by molar-refractivity contribution is 5.90. The summed E-state index contributed by atoms with van der Waals surface area (Å²) >= 11 is 0. The first-order valence-electron chi connectivity index (χ1n) is 6.05. The number of hydrogen-bond acceptors (Lipinski definition) is 3. The number of carbonyl (C=O) groups is 1. The number of rotatable bonds is 7. The van der Waals surface area contributed by atoms with Crippen LogP contribution in [0, 0.1) is 0 Å². The summed E-state index contributed by atoms with van der Waals surface area (Å²) in [5.41, 5.74) is 0.0239. The maximum absolute atomic E-state index is 12.1. The zero-order valence-corrected chi connectivity index (χ0v) is 10.9. The first-order valence-corrected chi connectivity index (χ1v) is 6.05. The van der Waals surface area contributed by atoms with Gasteiger partial charge in [0.25, 0.3) is 0 Å². The largest absolute Gasteiger partial charge is 0.491 e. The highest BCUT2D eigenvalue weighted by atomic mass is 19.4. The van der Waals surface area contributed by atoms with Crippen LogP contribution in [0.15, 0.2) is 24.3 Å². The molecule has 0 fully saturated rings.